The first-order valence-electron chi connectivity index (χ1n) is 6.31. The summed E-state index contributed by atoms with van der Waals surface area (Å²) in [6, 6.07) is 7.73. The number of nitrogens with zero attached hydrogens (tertiary/aromatic N) is 1. The van der Waals surface area contributed by atoms with Crippen LogP contribution in [-0.2, 0) is 6.42 Å². The molecule has 1 aromatic carbocycles. The fraction of sp³-hybridized carbons (Fsp3) is 0.357. The first-order chi connectivity index (χ1) is 8.74. The zero-order valence-electron chi connectivity index (χ0n) is 10.5. The van der Waals surface area contributed by atoms with Crippen molar-refractivity contribution in [3.05, 3.63) is 35.0 Å². The maximum absolute atomic E-state index is 6.22. The largest absolute Gasteiger partial charge is 0.382 e. The molecule has 0 aliphatic heterocycles. The van der Waals surface area contributed by atoms with Crippen molar-refractivity contribution in [2.24, 2.45) is 0 Å². The van der Waals surface area contributed by atoms with Crippen LogP contribution in [0, 0.1) is 0 Å². The van der Waals surface area contributed by atoms with Gasteiger partial charge in [0.15, 0.2) is 5.82 Å². The average Bonchev–Trinajstić information content (AvgIpc) is 2.72. The van der Waals surface area contributed by atoms with Gasteiger partial charge in [0.05, 0.1) is 0 Å². The second-order valence-corrected chi connectivity index (χ2v) is 4.81. The highest BCUT2D eigenvalue weighted by Gasteiger charge is 2.14. The van der Waals surface area contributed by atoms with Gasteiger partial charge in [-0.25, -0.2) is 0 Å². The van der Waals surface area contributed by atoms with E-state index >= 15 is 0 Å². The molecule has 0 saturated heterocycles. The number of aryl methyl sites for hydroxylation is 1. The van der Waals surface area contributed by atoms with Crippen molar-refractivity contribution in [3.8, 4) is 11.1 Å². The molecule has 3 N–H and O–H groups in total. The lowest BCUT2D eigenvalue weighted by Crippen LogP contribution is -1.92. The number of rotatable bonds is 5. The molecule has 0 aliphatic rings. The Morgan fingerprint density at radius 2 is 2.06 bits per heavy atom. The van der Waals surface area contributed by atoms with Crippen LogP contribution < -0.4 is 5.73 Å². The van der Waals surface area contributed by atoms with Crippen molar-refractivity contribution in [1.29, 1.82) is 0 Å². The molecule has 0 unspecified atom stereocenters. The van der Waals surface area contributed by atoms with Gasteiger partial charge < -0.3 is 5.73 Å². The Bertz CT molecular complexity index is 520. The number of hydrogen-bond acceptors (Lipinski definition) is 2. The minimum Gasteiger partial charge on any atom is -0.382 e. The van der Waals surface area contributed by atoms with Gasteiger partial charge in [-0.05, 0) is 18.9 Å². The van der Waals surface area contributed by atoms with Crippen molar-refractivity contribution in [2.75, 3.05) is 5.73 Å². The van der Waals surface area contributed by atoms with Gasteiger partial charge in [-0.2, -0.15) is 5.10 Å². The van der Waals surface area contributed by atoms with Crippen molar-refractivity contribution in [3.63, 3.8) is 0 Å². The molecule has 3 nitrogen and oxygen atoms in total. The summed E-state index contributed by atoms with van der Waals surface area (Å²) >= 11 is 6.22. The van der Waals surface area contributed by atoms with Crippen LogP contribution in [0.3, 0.4) is 0 Å². The maximum Gasteiger partial charge on any atom is 0.153 e. The number of nitrogens with two attached hydrogens (primary N) is 1. The van der Waals surface area contributed by atoms with Gasteiger partial charge in [-0.1, -0.05) is 49.6 Å². The van der Waals surface area contributed by atoms with Gasteiger partial charge in [0.25, 0.3) is 0 Å². The predicted molar refractivity (Wildman–Crippen MR) is 76.7 cm³/mol. The van der Waals surface area contributed by atoms with Crippen LogP contribution in [-0.4, -0.2) is 10.2 Å². The highest BCUT2D eigenvalue weighted by molar-refractivity contribution is 6.33. The Morgan fingerprint density at radius 3 is 2.78 bits per heavy atom. The van der Waals surface area contributed by atoms with Crippen LogP contribution in [0.15, 0.2) is 24.3 Å². The van der Waals surface area contributed by atoms with Gasteiger partial charge in [-0.15, -0.1) is 0 Å². The molecule has 18 heavy (non-hydrogen) atoms. The number of aromatic nitrogens is 2. The van der Waals surface area contributed by atoms with Crippen LogP contribution in [0.25, 0.3) is 11.1 Å². The summed E-state index contributed by atoms with van der Waals surface area (Å²) in [5, 5.41) is 7.84. The lowest BCUT2D eigenvalue weighted by atomic mass is 10.0. The SMILES string of the molecule is CCCCCc1[nH]nc(N)c1-c1ccccc1Cl. The van der Waals surface area contributed by atoms with Crippen molar-refractivity contribution in [1.82, 2.24) is 10.2 Å². The molecule has 0 bridgehead atoms. The third-order valence-electron chi connectivity index (χ3n) is 3.04. The topological polar surface area (TPSA) is 54.7 Å². The Balaban J connectivity index is 2.32. The second kappa shape index (κ2) is 5.91. The third kappa shape index (κ3) is 2.67. The van der Waals surface area contributed by atoms with E-state index in [1.54, 1.807) is 0 Å². The van der Waals surface area contributed by atoms with E-state index < -0.39 is 0 Å². The molecule has 0 fully saturated rings. The number of halogens is 1. The Morgan fingerprint density at radius 1 is 1.28 bits per heavy atom. The fourth-order valence-electron chi connectivity index (χ4n) is 2.09. The van der Waals surface area contributed by atoms with Gasteiger partial charge >= 0.3 is 0 Å². The number of H-pyrrole nitrogens is 1. The van der Waals surface area contributed by atoms with Crippen molar-refractivity contribution >= 4 is 17.4 Å². The van der Waals surface area contributed by atoms with Crippen molar-refractivity contribution < 1.29 is 0 Å². The lowest BCUT2D eigenvalue weighted by Gasteiger charge is -2.06. The molecular formula is C14H18ClN3. The Labute approximate surface area is 112 Å². The maximum atomic E-state index is 6.22. The molecule has 1 aromatic heterocycles. The molecule has 4 heteroatoms. The quantitative estimate of drug-likeness (QED) is 0.800. The van der Waals surface area contributed by atoms with Gasteiger partial charge in [0, 0.05) is 21.8 Å². The van der Waals surface area contributed by atoms with E-state index in [9.17, 15) is 0 Å². The van der Waals surface area contributed by atoms with E-state index in [1.165, 1.54) is 12.8 Å². The standard InChI is InChI=1S/C14H18ClN3/c1-2-3-4-9-12-13(14(16)18-17-12)10-7-5-6-8-11(10)15/h5-8H,2-4,9H2,1H3,(H3,16,17,18). The summed E-state index contributed by atoms with van der Waals surface area (Å²) in [4.78, 5) is 0. The van der Waals surface area contributed by atoms with Gasteiger partial charge in [-0.3, -0.25) is 5.10 Å². The summed E-state index contributed by atoms with van der Waals surface area (Å²) in [6.45, 7) is 2.19. The second-order valence-electron chi connectivity index (χ2n) is 4.40. The number of benzene rings is 1. The number of nitrogens with one attached hydrogen (secondary N) is 1. The highest BCUT2D eigenvalue weighted by Crippen LogP contribution is 2.33. The normalized spacial score (nSPS) is 10.8. The first-order valence-corrected chi connectivity index (χ1v) is 6.69. The fourth-order valence-corrected chi connectivity index (χ4v) is 2.32. The van der Waals surface area contributed by atoms with Gasteiger partial charge in [0.1, 0.15) is 0 Å². The summed E-state index contributed by atoms with van der Waals surface area (Å²) in [7, 11) is 0. The van der Waals surface area contributed by atoms with E-state index in [2.05, 4.69) is 17.1 Å². The number of aromatic amines is 1. The molecule has 0 amide bonds. The molecule has 96 valence electrons. The summed E-state index contributed by atoms with van der Waals surface area (Å²) in [6.07, 6.45) is 4.50. The van der Waals surface area contributed by atoms with Crippen LogP contribution in [0.4, 0.5) is 5.82 Å². The Kier molecular flexibility index (Phi) is 4.26. The number of anilines is 1. The van der Waals surface area contributed by atoms with Crippen LogP contribution in [0.5, 0.6) is 0 Å². The monoisotopic (exact) mass is 263 g/mol. The number of nitrogen functional groups attached to an aromatic ring is 1. The molecule has 1 heterocycles. The summed E-state index contributed by atoms with van der Waals surface area (Å²) in [5.74, 6) is 0.523. The average molecular weight is 264 g/mol. The minimum atomic E-state index is 0.523. The molecule has 0 radical (unpaired) electrons. The molecular weight excluding hydrogens is 246 g/mol. The molecule has 0 spiro atoms. The van der Waals surface area contributed by atoms with E-state index in [1.807, 2.05) is 24.3 Å². The molecule has 0 aliphatic carbocycles. The third-order valence-corrected chi connectivity index (χ3v) is 3.37. The van der Waals surface area contributed by atoms with E-state index in [-0.39, 0.29) is 0 Å². The van der Waals surface area contributed by atoms with Crippen LogP contribution in [0.2, 0.25) is 5.02 Å². The van der Waals surface area contributed by atoms with Crippen LogP contribution >= 0.6 is 11.6 Å². The van der Waals surface area contributed by atoms with Crippen molar-refractivity contribution in [2.45, 2.75) is 32.6 Å². The lowest BCUT2D eigenvalue weighted by molar-refractivity contribution is 0.706. The highest BCUT2D eigenvalue weighted by atomic mass is 35.5. The first kappa shape index (κ1) is 13.0. The molecule has 0 atom stereocenters. The van der Waals surface area contributed by atoms with Crippen LogP contribution in [0.1, 0.15) is 31.9 Å². The number of hydrogen-bond donors (Lipinski definition) is 2. The van der Waals surface area contributed by atoms with Gasteiger partial charge in [0.2, 0.25) is 0 Å². The van der Waals surface area contributed by atoms with E-state index in [0.29, 0.717) is 10.8 Å². The van der Waals surface area contributed by atoms with E-state index in [0.717, 1.165) is 29.7 Å². The molecule has 2 rings (SSSR count). The molecule has 0 saturated carbocycles. The smallest absolute Gasteiger partial charge is 0.153 e. The minimum absolute atomic E-state index is 0.523. The summed E-state index contributed by atoms with van der Waals surface area (Å²) < 4.78 is 0. The molecule has 2 aromatic rings. The number of unbranched alkanes of at least 4 members (excludes halogenated alkanes) is 2. The summed E-state index contributed by atoms with van der Waals surface area (Å²) in [5.41, 5.74) is 8.93. The van der Waals surface area contributed by atoms with E-state index in [4.69, 9.17) is 17.3 Å². The Hall–Kier alpha value is -1.48. The zero-order valence-corrected chi connectivity index (χ0v) is 11.3. The predicted octanol–water partition coefficient (Wildman–Crippen LogP) is 4.05. The zero-order chi connectivity index (χ0) is 13.0.